The number of hydrogen-bond acceptors (Lipinski definition) is 6. The summed E-state index contributed by atoms with van der Waals surface area (Å²) in [7, 11) is 0. The highest BCUT2D eigenvalue weighted by Gasteiger charge is 2.04. The Bertz CT molecular complexity index is 131. The van der Waals surface area contributed by atoms with Gasteiger partial charge in [-0.25, -0.2) is 0 Å². The van der Waals surface area contributed by atoms with Crippen LogP contribution < -0.4 is 32.7 Å². The molecular weight excluding hydrogens is 204 g/mol. The average Bonchev–Trinajstić information content (AvgIpc) is 2.27. The third kappa shape index (κ3) is 7.10. The molecule has 0 bridgehead atoms. The second-order valence-corrected chi connectivity index (χ2v) is 4.34. The van der Waals surface area contributed by atoms with Crippen molar-refractivity contribution >= 4 is 0 Å². The monoisotopic (exact) mass is 230 g/mol. The molecule has 0 saturated carbocycles. The number of rotatable bonds is 0. The van der Waals surface area contributed by atoms with Gasteiger partial charge in [-0.2, -0.15) is 0 Å². The number of hydrogen-bond donors (Lipinski definition) is 6. The van der Waals surface area contributed by atoms with Crippen LogP contribution in [0.5, 0.6) is 0 Å². The van der Waals surface area contributed by atoms with Crippen molar-refractivity contribution < 1.29 is 0 Å². The summed E-state index contributed by atoms with van der Waals surface area (Å²) >= 11 is 0. The topological polar surface area (TPSA) is 100 Å². The van der Waals surface area contributed by atoms with Gasteiger partial charge < -0.3 is 32.7 Å². The minimum Gasteiger partial charge on any atom is -0.326 e. The zero-order chi connectivity index (χ0) is 11.6. The standard InChI is InChI=1S/C10H26N6/c11-9-5-13-1-2-14-6-10(12)8-16-4-3-15-7-9/h9-10,13-16H,1-8,11-12H2. The molecule has 1 heterocycles. The van der Waals surface area contributed by atoms with Crippen molar-refractivity contribution in [1.82, 2.24) is 21.3 Å². The molecule has 16 heavy (non-hydrogen) atoms. The molecule has 0 aromatic heterocycles. The molecule has 1 aliphatic rings. The number of nitrogens with one attached hydrogen (secondary N) is 4. The summed E-state index contributed by atoms with van der Waals surface area (Å²) in [5.41, 5.74) is 11.8. The van der Waals surface area contributed by atoms with Gasteiger partial charge in [0.2, 0.25) is 0 Å². The Morgan fingerprint density at radius 3 is 1.06 bits per heavy atom. The van der Waals surface area contributed by atoms with Gasteiger partial charge >= 0.3 is 0 Å². The van der Waals surface area contributed by atoms with Crippen LogP contribution in [-0.4, -0.2) is 64.4 Å². The SMILES string of the molecule is NC1CNCCNCC(N)CNCCNC1. The van der Waals surface area contributed by atoms with Gasteiger partial charge in [0.25, 0.3) is 0 Å². The van der Waals surface area contributed by atoms with Gasteiger partial charge in [-0.05, 0) is 0 Å². The van der Waals surface area contributed by atoms with Crippen LogP contribution in [0.4, 0.5) is 0 Å². The van der Waals surface area contributed by atoms with Crippen LogP contribution in [0, 0.1) is 0 Å². The fourth-order valence-corrected chi connectivity index (χ4v) is 1.65. The zero-order valence-electron chi connectivity index (χ0n) is 9.97. The molecule has 0 amide bonds. The van der Waals surface area contributed by atoms with Crippen LogP contribution >= 0.6 is 0 Å². The van der Waals surface area contributed by atoms with Crippen molar-refractivity contribution in [2.24, 2.45) is 11.5 Å². The van der Waals surface area contributed by atoms with E-state index in [2.05, 4.69) is 21.3 Å². The molecule has 96 valence electrons. The highest BCUT2D eigenvalue weighted by Crippen LogP contribution is 1.77. The van der Waals surface area contributed by atoms with E-state index in [0.717, 1.165) is 52.4 Å². The first-order chi connectivity index (χ1) is 7.79. The van der Waals surface area contributed by atoms with Gasteiger partial charge in [0.05, 0.1) is 0 Å². The van der Waals surface area contributed by atoms with Crippen molar-refractivity contribution in [2.45, 2.75) is 12.1 Å². The molecule has 1 aliphatic heterocycles. The summed E-state index contributed by atoms with van der Waals surface area (Å²) in [6, 6.07) is 0.371. The number of nitrogens with two attached hydrogens (primary N) is 2. The Kier molecular flexibility index (Phi) is 7.65. The van der Waals surface area contributed by atoms with Gasteiger partial charge in [0.15, 0.2) is 0 Å². The van der Waals surface area contributed by atoms with Crippen molar-refractivity contribution in [3.05, 3.63) is 0 Å². The first-order valence-corrected chi connectivity index (χ1v) is 6.13. The van der Waals surface area contributed by atoms with Gasteiger partial charge in [-0.1, -0.05) is 0 Å². The lowest BCUT2D eigenvalue weighted by molar-refractivity contribution is 0.478. The molecule has 6 heteroatoms. The molecule has 1 fully saturated rings. The normalized spacial score (nSPS) is 31.9. The third-order valence-electron chi connectivity index (χ3n) is 2.58. The van der Waals surface area contributed by atoms with Crippen LogP contribution in [0.3, 0.4) is 0 Å². The second-order valence-electron chi connectivity index (χ2n) is 4.34. The van der Waals surface area contributed by atoms with E-state index in [9.17, 15) is 0 Å². The maximum Gasteiger partial charge on any atom is 0.0292 e. The maximum atomic E-state index is 5.92. The second kappa shape index (κ2) is 8.86. The minimum absolute atomic E-state index is 0.185. The van der Waals surface area contributed by atoms with E-state index in [4.69, 9.17) is 11.5 Å². The Labute approximate surface area is 97.9 Å². The quantitative estimate of drug-likeness (QED) is 0.265. The highest BCUT2D eigenvalue weighted by atomic mass is 15.0. The van der Waals surface area contributed by atoms with Crippen molar-refractivity contribution in [2.75, 3.05) is 52.4 Å². The fraction of sp³-hybridized carbons (Fsp3) is 1.00. The van der Waals surface area contributed by atoms with Crippen LogP contribution in [0.25, 0.3) is 0 Å². The third-order valence-corrected chi connectivity index (χ3v) is 2.58. The highest BCUT2D eigenvalue weighted by molar-refractivity contribution is 4.72. The van der Waals surface area contributed by atoms with Crippen LogP contribution in [0.15, 0.2) is 0 Å². The summed E-state index contributed by atoms with van der Waals surface area (Å²) in [5.74, 6) is 0. The summed E-state index contributed by atoms with van der Waals surface area (Å²) in [6.45, 7) is 7.17. The molecule has 1 saturated heterocycles. The van der Waals surface area contributed by atoms with E-state index in [1.54, 1.807) is 0 Å². The summed E-state index contributed by atoms with van der Waals surface area (Å²) in [4.78, 5) is 0. The zero-order valence-corrected chi connectivity index (χ0v) is 9.97. The van der Waals surface area contributed by atoms with Crippen molar-refractivity contribution in [3.63, 3.8) is 0 Å². The summed E-state index contributed by atoms with van der Waals surface area (Å²) < 4.78 is 0. The molecule has 0 radical (unpaired) electrons. The van der Waals surface area contributed by atoms with Crippen molar-refractivity contribution in [3.8, 4) is 0 Å². The van der Waals surface area contributed by atoms with Crippen LogP contribution in [0.2, 0.25) is 0 Å². The average molecular weight is 230 g/mol. The van der Waals surface area contributed by atoms with E-state index >= 15 is 0 Å². The molecular formula is C10H26N6. The molecule has 1 rings (SSSR count). The smallest absolute Gasteiger partial charge is 0.0292 e. The fourth-order valence-electron chi connectivity index (χ4n) is 1.65. The van der Waals surface area contributed by atoms with Gasteiger partial charge in [0, 0.05) is 64.4 Å². The van der Waals surface area contributed by atoms with E-state index in [-0.39, 0.29) is 12.1 Å². The molecule has 0 atom stereocenters. The Hall–Kier alpha value is -0.240. The minimum atomic E-state index is 0.185. The molecule has 0 unspecified atom stereocenters. The molecule has 8 N–H and O–H groups in total. The van der Waals surface area contributed by atoms with Gasteiger partial charge in [0.1, 0.15) is 0 Å². The van der Waals surface area contributed by atoms with E-state index in [0.29, 0.717) is 0 Å². The molecule has 0 aliphatic carbocycles. The summed E-state index contributed by atoms with van der Waals surface area (Å²) in [6.07, 6.45) is 0. The van der Waals surface area contributed by atoms with Gasteiger partial charge in [-0.15, -0.1) is 0 Å². The molecule has 6 nitrogen and oxygen atoms in total. The Morgan fingerprint density at radius 2 is 0.812 bits per heavy atom. The van der Waals surface area contributed by atoms with Gasteiger partial charge in [-0.3, -0.25) is 0 Å². The Balaban J connectivity index is 2.18. The van der Waals surface area contributed by atoms with Crippen molar-refractivity contribution in [1.29, 1.82) is 0 Å². The maximum absolute atomic E-state index is 5.92. The Morgan fingerprint density at radius 1 is 0.562 bits per heavy atom. The predicted molar refractivity (Wildman–Crippen MR) is 67.4 cm³/mol. The van der Waals surface area contributed by atoms with E-state index in [1.165, 1.54) is 0 Å². The predicted octanol–water partition coefficient (Wildman–Crippen LogP) is -2.99. The van der Waals surface area contributed by atoms with E-state index in [1.807, 2.05) is 0 Å². The lowest BCUT2D eigenvalue weighted by atomic mass is 10.3. The molecule has 0 aromatic carbocycles. The summed E-state index contributed by atoms with van der Waals surface area (Å²) in [5, 5.41) is 13.3. The first kappa shape index (κ1) is 13.8. The lowest BCUT2D eigenvalue weighted by Crippen LogP contribution is -2.48. The largest absolute Gasteiger partial charge is 0.326 e. The first-order valence-electron chi connectivity index (χ1n) is 6.13. The molecule has 0 spiro atoms. The lowest BCUT2D eigenvalue weighted by Gasteiger charge is -2.17. The molecule has 0 aromatic rings. The van der Waals surface area contributed by atoms with E-state index < -0.39 is 0 Å². The van der Waals surface area contributed by atoms with Crippen LogP contribution in [0.1, 0.15) is 0 Å². The van der Waals surface area contributed by atoms with Crippen LogP contribution in [-0.2, 0) is 0 Å².